The lowest BCUT2D eigenvalue weighted by Gasteiger charge is -2.07. The van der Waals surface area contributed by atoms with Gasteiger partial charge >= 0.3 is 5.97 Å². The number of carboxylic acid groups (broad SMARTS) is 1. The van der Waals surface area contributed by atoms with Crippen molar-refractivity contribution in [2.24, 2.45) is 0 Å². The Balaban J connectivity index is 2.48. The molecule has 0 spiro atoms. The maximum absolute atomic E-state index is 10.4. The van der Waals surface area contributed by atoms with Crippen LogP contribution in [-0.2, 0) is 6.54 Å². The van der Waals surface area contributed by atoms with Gasteiger partial charge in [-0.2, -0.15) is 0 Å². The van der Waals surface area contributed by atoms with Crippen molar-refractivity contribution in [1.82, 2.24) is 10.5 Å². The van der Waals surface area contributed by atoms with Crippen molar-refractivity contribution in [3.8, 4) is 0 Å². The molecule has 1 aromatic rings. The van der Waals surface area contributed by atoms with Crippen LogP contribution >= 0.6 is 0 Å². The predicted molar refractivity (Wildman–Crippen MR) is 46.8 cm³/mol. The quantitative estimate of drug-likeness (QED) is 0.611. The largest absolute Gasteiger partial charge is 0.476 e. The number of aliphatic hydroxyl groups excluding tert-OH is 1. The molecule has 0 bridgehead atoms. The zero-order chi connectivity index (χ0) is 10.6. The Hall–Kier alpha value is -1.40. The zero-order valence-corrected chi connectivity index (χ0v) is 7.73. The van der Waals surface area contributed by atoms with Gasteiger partial charge in [0.1, 0.15) is 0 Å². The molecule has 14 heavy (non-hydrogen) atoms. The van der Waals surface area contributed by atoms with E-state index >= 15 is 0 Å². The van der Waals surface area contributed by atoms with Crippen LogP contribution in [0.4, 0.5) is 0 Å². The van der Waals surface area contributed by atoms with Crippen LogP contribution in [0.25, 0.3) is 0 Å². The van der Waals surface area contributed by atoms with Crippen LogP contribution in [0.1, 0.15) is 23.2 Å². The Bertz CT molecular complexity index is 310. The molecule has 0 saturated heterocycles. The zero-order valence-electron chi connectivity index (χ0n) is 7.73. The van der Waals surface area contributed by atoms with Gasteiger partial charge in [0.05, 0.1) is 13.2 Å². The molecular formula is C8H12N2O4. The molecule has 1 rings (SSSR count). The van der Waals surface area contributed by atoms with Crippen LogP contribution in [0.3, 0.4) is 0 Å². The van der Waals surface area contributed by atoms with E-state index in [1.165, 1.54) is 6.07 Å². The second-order valence-corrected chi connectivity index (χ2v) is 2.95. The first-order valence-electron chi connectivity index (χ1n) is 4.16. The highest BCUT2D eigenvalue weighted by Crippen LogP contribution is 2.03. The molecule has 1 atom stereocenters. The van der Waals surface area contributed by atoms with E-state index < -0.39 is 5.97 Å². The minimum Gasteiger partial charge on any atom is -0.476 e. The lowest BCUT2D eigenvalue weighted by atomic mass is 10.3. The van der Waals surface area contributed by atoms with Gasteiger partial charge in [-0.05, 0) is 6.92 Å². The van der Waals surface area contributed by atoms with Gasteiger partial charge in [-0.3, -0.25) is 0 Å². The first-order valence-corrected chi connectivity index (χ1v) is 4.16. The molecule has 0 radical (unpaired) electrons. The molecule has 0 amide bonds. The second kappa shape index (κ2) is 4.73. The topological polar surface area (TPSA) is 95.6 Å². The Morgan fingerprint density at radius 2 is 2.50 bits per heavy atom. The molecule has 1 unspecified atom stereocenters. The molecule has 78 valence electrons. The van der Waals surface area contributed by atoms with Gasteiger partial charge in [0, 0.05) is 12.1 Å². The van der Waals surface area contributed by atoms with Gasteiger partial charge in [-0.25, -0.2) is 4.79 Å². The number of carbonyl (C=O) groups is 1. The van der Waals surface area contributed by atoms with E-state index in [2.05, 4.69) is 10.5 Å². The van der Waals surface area contributed by atoms with Gasteiger partial charge in [0.25, 0.3) is 0 Å². The standard InChI is InChI=1S/C8H12N2O4/c1-5(4-11)9-3-6-2-7(8(12)13)10-14-6/h2,5,9,11H,3-4H2,1H3,(H,12,13). The van der Waals surface area contributed by atoms with E-state index in [0.29, 0.717) is 12.3 Å². The third kappa shape index (κ3) is 2.82. The van der Waals surface area contributed by atoms with Crippen LogP contribution in [0.15, 0.2) is 10.6 Å². The smallest absolute Gasteiger partial charge is 0.358 e. The predicted octanol–water partition coefficient (Wildman–Crippen LogP) is -0.157. The summed E-state index contributed by atoms with van der Waals surface area (Å²) < 4.78 is 4.75. The highest BCUT2D eigenvalue weighted by Gasteiger charge is 2.10. The molecule has 0 aliphatic rings. The number of carboxylic acids is 1. The molecule has 0 aliphatic heterocycles. The number of nitrogens with one attached hydrogen (secondary N) is 1. The normalized spacial score (nSPS) is 12.7. The van der Waals surface area contributed by atoms with Crippen molar-refractivity contribution >= 4 is 5.97 Å². The number of aromatic nitrogens is 1. The summed E-state index contributed by atoms with van der Waals surface area (Å²) in [6.07, 6.45) is 0. The van der Waals surface area contributed by atoms with Crippen LogP contribution < -0.4 is 5.32 Å². The van der Waals surface area contributed by atoms with Crippen LogP contribution in [0.2, 0.25) is 0 Å². The SMILES string of the molecule is CC(CO)NCc1cc(C(=O)O)no1. The molecule has 0 aliphatic carbocycles. The summed E-state index contributed by atoms with van der Waals surface area (Å²) in [5, 5.41) is 23.5. The number of hydrogen-bond donors (Lipinski definition) is 3. The Labute approximate surface area is 80.5 Å². The fraction of sp³-hybridized carbons (Fsp3) is 0.500. The average molecular weight is 200 g/mol. The van der Waals surface area contributed by atoms with E-state index in [1.54, 1.807) is 6.92 Å². The maximum Gasteiger partial charge on any atom is 0.358 e. The number of nitrogens with zero attached hydrogens (tertiary/aromatic N) is 1. The third-order valence-corrected chi connectivity index (χ3v) is 1.68. The van der Waals surface area contributed by atoms with Gasteiger partial charge < -0.3 is 20.1 Å². The molecule has 3 N–H and O–H groups in total. The minimum absolute atomic E-state index is 0.0138. The van der Waals surface area contributed by atoms with Crippen LogP contribution in [-0.4, -0.2) is 34.0 Å². The summed E-state index contributed by atoms with van der Waals surface area (Å²) in [6.45, 7) is 2.16. The van der Waals surface area contributed by atoms with Crippen LogP contribution in [0, 0.1) is 0 Å². The number of aliphatic hydroxyl groups is 1. The molecule has 6 heteroatoms. The summed E-state index contributed by atoms with van der Waals surface area (Å²) in [6, 6.07) is 1.28. The summed E-state index contributed by atoms with van der Waals surface area (Å²) in [5.41, 5.74) is -0.113. The fourth-order valence-electron chi connectivity index (χ4n) is 0.836. The molecule has 6 nitrogen and oxygen atoms in total. The van der Waals surface area contributed by atoms with Crippen molar-refractivity contribution in [1.29, 1.82) is 0 Å². The van der Waals surface area contributed by atoms with Crippen molar-refractivity contribution in [2.45, 2.75) is 19.5 Å². The highest BCUT2D eigenvalue weighted by molar-refractivity contribution is 5.85. The van der Waals surface area contributed by atoms with Crippen molar-refractivity contribution in [2.75, 3.05) is 6.61 Å². The first-order chi connectivity index (χ1) is 6.63. The second-order valence-electron chi connectivity index (χ2n) is 2.95. The van der Waals surface area contributed by atoms with Gasteiger partial charge in [-0.1, -0.05) is 5.16 Å². The number of aromatic carboxylic acids is 1. The first kappa shape index (κ1) is 10.7. The van der Waals surface area contributed by atoms with E-state index in [1.807, 2.05) is 0 Å². The lowest BCUT2D eigenvalue weighted by molar-refractivity contribution is 0.0685. The summed E-state index contributed by atoms with van der Waals surface area (Å²) in [7, 11) is 0. The average Bonchev–Trinajstić information content (AvgIpc) is 2.62. The van der Waals surface area contributed by atoms with Gasteiger partial charge in [0.2, 0.25) is 0 Å². The van der Waals surface area contributed by atoms with E-state index in [4.69, 9.17) is 14.7 Å². The Kier molecular flexibility index (Phi) is 3.61. The number of rotatable bonds is 5. The molecule has 0 fully saturated rings. The summed E-state index contributed by atoms with van der Waals surface area (Å²) in [4.78, 5) is 10.4. The molecule has 0 aromatic carbocycles. The Morgan fingerprint density at radius 3 is 3.00 bits per heavy atom. The highest BCUT2D eigenvalue weighted by atomic mass is 16.5. The molecule has 1 heterocycles. The molecule has 0 saturated carbocycles. The van der Waals surface area contributed by atoms with Crippen molar-refractivity contribution in [3.05, 3.63) is 17.5 Å². The summed E-state index contributed by atoms with van der Waals surface area (Å²) >= 11 is 0. The van der Waals surface area contributed by atoms with E-state index in [9.17, 15) is 4.79 Å². The van der Waals surface area contributed by atoms with Crippen molar-refractivity contribution < 1.29 is 19.5 Å². The van der Waals surface area contributed by atoms with Gasteiger partial charge in [-0.15, -0.1) is 0 Å². The van der Waals surface area contributed by atoms with Crippen LogP contribution in [0.5, 0.6) is 0 Å². The minimum atomic E-state index is -1.12. The summed E-state index contributed by atoms with van der Waals surface area (Å²) in [5.74, 6) is -0.682. The fourth-order valence-corrected chi connectivity index (χ4v) is 0.836. The van der Waals surface area contributed by atoms with Crippen molar-refractivity contribution in [3.63, 3.8) is 0 Å². The van der Waals surface area contributed by atoms with E-state index in [-0.39, 0.29) is 18.3 Å². The lowest BCUT2D eigenvalue weighted by Crippen LogP contribution is -2.28. The number of hydrogen-bond acceptors (Lipinski definition) is 5. The molecular weight excluding hydrogens is 188 g/mol. The van der Waals surface area contributed by atoms with Gasteiger partial charge in [0.15, 0.2) is 11.5 Å². The monoisotopic (exact) mass is 200 g/mol. The molecule has 1 aromatic heterocycles. The maximum atomic E-state index is 10.4. The Morgan fingerprint density at radius 1 is 1.79 bits per heavy atom. The van der Waals surface area contributed by atoms with E-state index in [0.717, 1.165) is 0 Å². The third-order valence-electron chi connectivity index (χ3n) is 1.68.